The molecule has 2 aromatic carbocycles. The SMILES string of the molecule is O=C(NC(Cc1ccccc1)c1ccccc1F)N1CCN(C(=O)N2CCCC2)CC1. The first kappa shape index (κ1) is 21.2. The molecule has 1 atom stereocenters. The first-order chi connectivity index (χ1) is 15.1. The van der Waals surface area contributed by atoms with Crippen LogP contribution in [0.3, 0.4) is 0 Å². The number of nitrogens with one attached hydrogen (secondary N) is 1. The summed E-state index contributed by atoms with van der Waals surface area (Å²) >= 11 is 0. The summed E-state index contributed by atoms with van der Waals surface area (Å²) in [5.74, 6) is -0.329. The number of amides is 4. The number of halogens is 1. The molecule has 1 unspecified atom stereocenters. The van der Waals surface area contributed by atoms with Crippen molar-refractivity contribution in [3.63, 3.8) is 0 Å². The summed E-state index contributed by atoms with van der Waals surface area (Å²) in [7, 11) is 0. The molecule has 6 nitrogen and oxygen atoms in total. The molecule has 0 spiro atoms. The Balaban J connectivity index is 1.39. The average Bonchev–Trinajstić information content (AvgIpc) is 3.34. The number of hydrogen-bond donors (Lipinski definition) is 1. The molecule has 2 aliphatic heterocycles. The fourth-order valence-electron chi connectivity index (χ4n) is 4.30. The van der Waals surface area contributed by atoms with Crippen LogP contribution < -0.4 is 5.32 Å². The first-order valence-electron chi connectivity index (χ1n) is 11.0. The van der Waals surface area contributed by atoms with E-state index in [0.29, 0.717) is 38.2 Å². The van der Waals surface area contributed by atoms with Gasteiger partial charge >= 0.3 is 12.1 Å². The highest BCUT2D eigenvalue weighted by Crippen LogP contribution is 2.22. The molecule has 0 radical (unpaired) electrons. The molecule has 2 heterocycles. The van der Waals surface area contributed by atoms with Gasteiger partial charge in [0.15, 0.2) is 0 Å². The minimum absolute atomic E-state index is 0.0749. The Morgan fingerprint density at radius 1 is 0.806 bits per heavy atom. The molecule has 0 saturated carbocycles. The Morgan fingerprint density at radius 2 is 1.39 bits per heavy atom. The summed E-state index contributed by atoms with van der Waals surface area (Å²) in [4.78, 5) is 31.0. The fraction of sp³-hybridized carbons (Fsp3) is 0.417. The van der Waals surface area contributed by atoms with Crippen LogP contribution in [-0.2, 0) is 6.42 Å². The number of nitrogens with zero attached hydrogens (tertiary/aromatic N) is 3. The predicted molar refractivity (Wildman–Crippen MR) is 117 cm³/mol. The zero-order valence-electron chi connectivity index (χ0n) is 17.7. The van der Waals surface area contributed by atoms with Crippen molar-refractivity contribution in [1.82, 2.24) is 20.0 Å². The quantitative estimate of drug-likeness (QED) is 0.815. The number of carbonyl (C=O) groups is 2. The van der Waals surface area contributed by atoms with Crippen LogP contribution in [0.4, 0.5) is 14.0 Å². The Labute approximate surface area is 182 Å². The van der Waals surface area contributed by atoms with Crippen LogP contribution in [0.5, 0.6) is 0 Å². The van der Waals surface area contributed by atoms with Crippen LogP contribution in [0.2, 0.25) is 0 Å². The Kier molecular flexibility index (Phi) is 6.70. The normalized spacial score (nSPS) is 17.5. The molecule has 0 aromatic heterocycles. The van der Waals surface area contributed by atoms with Crippen molar-refractivity contribution in [3.8, 4) is 0 Å². The summed E-state index contributed by atoms with van der Waals surface area (Å²) in [5, 5.41) is 3.02. The number of carbonyl (C=O) groups excluding carboxylic acids is 2. The largest absolute Gasteiger partial charge is 0.331 e. The molecule has 31 heavy (non-hydrogen) atoms. The minimum Gasteiger partial charge on any atom is -0.331 e. The van der Waals surface area contributed by atoms with Gasteiger partial charge in [-0.15, -0.1) is 0 Å². The van der Waals surface area contributed by atoms with E-state index in [0.717, 1.165) is 31.5 Å². The monoisotopic (exact) mass is 424 g/mol. The summed E-state index contributed by atoms with van der Waals surface area (Å²) in [6, 6.07) is 15.7. The van der Waals surface area contributed by atoms with E-state index in [1.54, 1.807) is 23.1 Å². The maximum absolute atomic E-state index is 14.5. The first-order valence-corrected chi connectivity index (χ1v) is 11.0. The smallest absolute Gasteiger partial charge is 0.320 e. The van der Waals surface area contributed by atoms with Gasteiger partial charge in [-0.1, -0.05) is 48.5 Å². The maximum Gasteiger partial charge on any atom is 0.320 e. The van der Waals surface area contributed by atoms with Crippen molar-refractivity contribution < 1.29 is 14.0 Å². The molecule has 2 saturated heterocycles. The predicted octanol–water partition coefficient (Wildman–Crippen LogP) is 3.65. The lowest BCUT2D eigenvalue weighted by molar-refractivity contribution is 0.123. The van der Waals surface area contributed by atoms with Crippen LogP contribution >= 0.6 is 0 Å². The molecule has 4 amide bonds. The second-order valence-corrected chi connectivity index (χ2v) is 8.16. The number of likely N-dealkylation sites (tertiary alicyclic amines) is 1. The third-order valence-corrected chi connectivity index (χ3v) is 6.07. The third kappa shape index (κ3) is 5.16. The van der Waals surface area contributed by atoms with Gasteiger partial charge in [-0.05, 0) is 30.9 Å². The van der Waals surface area contributed by atoms with Crippen LogP contribution in [0.1, 0.15) is 30.0 Å². The number of urea groups is 2. The minimum atomic E-state index is -0.472. The highest BCUT2D eigenvalue weighted by Gasteiger charge is 2.29. The topological polar surface area (TPSA) is 55.9 Å². The zero-order chi connectivity index (χ0) is 21.6. The van der Waals surface area contributed by atoms with E-state index in [2.05, 4.69) is 5.32 Å². The number of benzene rings is 2. The van der Waals surface area contributed by atoms with Crippen molar-refractivity contribution in [2.24, 2.45) is 0 Å². The van der Waals surface area contributed by atoms with E-state index in [9.17, 15) is 14.0 Å². The lowest BCUT2D eigenvalue weighted by Crippen LogP contribution is -2.55. The Hall–Kier alpha value is -3.09. The van der Waals surface area contributed by atoms with Crippen molar-refractivity contribution in [1.29, 1.82) is 0 Å². The second kappa shape index (κ2) is 9.81. The summed E-state index contributed by atoms with van der Waals surface area (Å²) in [6.07, 6.45) is 2.63. The van der Waals surface area contributed by atoms with E-state index in [4.69, 9.17) is 0 Å². The highest BCUT2D eigenvalue weighted by atomic mass is 19.1. The highest BCUT2D eigenvalue weighted by molar-refractivity contribution is 5.77. The van der Waals surface area contributed by atoms with E-state index >= 15 is 0 Å². The molecular formula is C24H29FN4O2. The molecule has 2 fully saturated rings. The lowest BCUT2D eigenvalue weighted by Gasteiger charge is -2.37. The van der Waals surface area contributed by atoms with Gasteiger partial charge in [-0.2, -0.15) is 0 Å². The summed E-state index contributed by atoms with van der Waals surface area (Å²) in [6.45, 7) is 3.63. The van der Waals surface area contributed by atoms with Crippen LogP contribution in [0.15, 0.2) is 54.6 Å². The lowest BCUT2D eigenvalue weighted by atomic mass is 9.98. The van der Waals surface area contributed by atoms with Gasteiger partial charge in [0.05, 0.1) is 6.04 Å². The molecule has 2 aromatic rings. The summed E-state index contributed by atoms with van der Waals surface area (Å²) in [5.41, 5.74) is 1.50. The average molecular weight is 425 g/mol. The molecule has 2 aliphatic rings. The Morgan fingerprint density at radius 3 is 2.06 bits per heavy atom. The van der Waals surface area contributed by atoms with Gasteiger partial charge in [0.2, 0.25) is 0 Å². The summed E-state index contributed by atoms with van der Waals surface area (Å²) < 4.78 is 14.5. The molecule has 0 aliphatic carbocycles. The van der Waals surface area contributed by atoms with Gasteiger partial charge in [-0.3, -0.25) is 0 Å². The molecule has 4 rings (SSSR count). The van der Waals surface area contributed by atoms with Gasteiger partial charge in [0, 0.05) is 44.8 Å². The molecule has 1 N–H and O–H groups in total. The number of rotatable bonds is 4. The Bertz CT molecular complexity index is 893. The van der Waals surface area contributed by atoms with Gasteiger partial charge in [0.1, 0.15) is 5.82 Å². The van der Waals surface area contributed by atoms with E-state index in [1.807, 2.05) is 40.1 Å². The number of hydrogen-bond acceptors (Lipinski definition) is 2. The third-order valence-electron chi connectivity index (χ3n) is 6.07. The van der Waals surface area contributed by atoms with Crippen LogP contribution in [0.25, 0.3) is 0 Å². The van der Waals surface area contributed by atoms with Crippen molar-refractivity contribution >= 4 is 12.1 Å². The second-order valence-electron chi connectivity index (χ2n) is 8.16. The molecular weight excluding hydrogens is 395 g/mol. The number of piperazine rings is 1. The van der Waals surface area contributed by atoms with Crippen molar-refractivity contribution in [2.45, 2.75) is 25.3 Å². The van der Waals surface area contributed by atoms with Crippen molar-refractivity contribution in [2.75, 3.05) is 39.3 Å². The molecule has 0 bridgehead atoms. The van der Waals surface area contributed by atoms with Crippen molar-refractivity contribution in [3.05, 3.63) is 71.5 Å². The standard InChI is InChI=1S/C24H29FN4O2/c25-21-11-5-4-10-20(21)22(18-19-8-2-1-3-9-19)26-23(30)27-14-16-29(17-15-27)24(31)28-12-6-7-13-28/h1-5,8-11,22H,6-7,12-18H2,(H,26,30). The van der Waals surface area contributed by atoms with Gasteiger partial charge in [-0.25, -0.2) is 14.0 Å². The molecule has 164 valence electrons. The van der Waals surface area contributed by atoms with Crippen LogP contribution in [0, 0.1) is 5.82 Å². The van der Waals surface area contributed by atoms with E-state index < -0.39 is 6.04 Å². The van der Waals surface area contributed by atoms with Gasteiger partial charge in [0.25, 0.3) is 0 Å². The van der Waals surface area contributed by atoms with Crippen LogP contribution in [-0.4, -0.2) is 66.0 Å². The van der Waals surface area contributed by atoms with Gasteiger partial charge < -0.3 is 20.0 Å². The maximum atomic E-state index is 14.5. The molecule has 7 heteroatoms. The zero-order valence-corrected chi connectivity index (χ0v) is 17.7. The fourth-order valence-corrected chi connectivity index (χ4v) is 4.30. The van der Waals surface area contributed by atoms with E-state index in [-0.39, 0.29) is 17.9 Å². The van der Waals surface area contributed by atoms with E-state index in [1.165, 1.54) is 6.07 Å².